The van der Waals surface area contributed by atoms with E-state index in [2.05, 4.69) is 5.32 Å². The highest BCUT2D eigenvalue weighted by Gasteiger charge is 2.44. The second kappa shape index (κ2) is 8.71. The number of hydrogen-bond acceptors (Lipinski definition) is 5. The van der Waals surface area contributed by atoms with Gasteiger partial charge < -0.3 is 19.7 Å². The lowest BCUT2D eigenvalue weighted by Gasteiger charge is -2.25. The molecule has 28 heavy (non-hydrogen) atoms. The zero-order chi connectivity index (χ0) is 20.1. The number of nitrogens with one attached hydrogen (secondary N) is 1. The molecule has 3 rings (SSSR count). The number of hydrogen-bond donors (Lipinski definition) is 1. The fraction of sp³-hybridized carbons (Fsp3) is 0.273. The Morgan fingerprint density at radius 3 is 2.32 bits per heavy atom. The fourth-order valence-corrected chi connectivity index (χ4v) is 3.38. The SMILES string of the molecule is COCCN1C(=O)C(=O)/C(=C(/C)Nc2ccc(OC)cc2)[C@H]1c1ccccc1. The van der Waals surface area contributed by atoms with Gasteiger partial charge in [-0.05, 0) is 36.8 Å². The molecule has 6 heteroatoms. The van der Waals surface area contributed by atoms with E-state index < -0.39 is 17.7 Å². The van der Waals surface area contributed by atoms with Crippen LogP contribution in [0.15, 0.2) is 65.9 Å². The minimum Gasteiger partial charge on any atom is -0.497 e. The van der Waals surface area contributed by atoms with Crippen molar-refractivity contribution in [2.75, 3.05) is 32.7 Å². The molecular formula is C22H24N2O4. The highest BCUT2D eigenvalue weighted by molar-refractivity contribution is 6.45. The van der Waals surface area contributed by atoms with Gasteiger partial charge in [0, 0.05) is 25.0 Å². The van der Waals surface area contributed by atoms with Crippen LogP contribution in [0.1, 0.15) is 18.5 Å². The highest BCUT2D eigenvalue weighted by atomic mass is 16.5. The molecule has 0 aliphatic carbocycles. The van der Waals surface area contributed by atoms with E-state index in [9.17, 15) is 9.59 Å². The number of Topliss-reactive ketones (excluding diaryl/α,β-unsaturated/α-hetero) is 1. The second-order valence-corrected chi connectivity index (χ2v) is 6.53. The molecule has 0 radical (unpaired) electrons. The molecule has 2 aromatic carbocycles. The van der Waals surface area contributed by atoms with E-state index >= 15 is 0 Å². The maximum atomic E-state index is 12.8. The fourth-order valence-electron chi connectivity index (χ4n) is 3.38. The quantitative estimate of drug-likeness (QED) is 0.590. The highest BCUT2D eigenvalue weighted by Crippen LogP contribution is 2.37. The van der Waals surface area contributed by atoms with Gasteiger partial charge in [0.25, 0.3) is 11.7 Å². The first-order valence-electron chi connectivity index (χ1n) is 9.07. The van der Waals surface area contributed by atoms with E-state index in [1.807, 2.05) is 61.5 Å². The molecule has 0 saturated carbocycles. The Bertz CT molecular complexity index is 875. The number of likely N-dealkylation sites (tertiary alicyclic amines) is 1. The molecule has 1 N–H and O–H groups in total. The van der Waals surface area contributed by atoms with Gasteiger partial charge in [0.2, 0.25) is 0 Å². The molecule has 1 aliphatic rings. The minimum absolute atomic E-state index is 0.347. The van der Waals surface area contributed by atoms with Crippen molar-refractivity contribution in [1.82, 2.24) is 4.90 Å². The van der Waals surface area contributed by atoms with E-state index in [-0.39, 0.29) is 0 Å². The van der Waals surface area contributed by atoms with Crippen LogP contribution in [0.4, 0.5) is 5.69 Å². The summed E-state index contributed by atoms with van der Waals surface area (Å²) in [5.74, 6) is -0.240. The Balaban J connectivity index is 2.00. The standard InChI is InChI=1S/C22H24N2O4/c1-15(23-17-9-11-18(28-3)12-10-17)19-20(16-7-5-4-6-8-16)24(13-14-27-2)22(26)21(19)25/h4-12,20,23H,13-14H2,1-3H3/b19-15-/t20-/m1/s1. The zero-order valence-corrected chi connectivity index (χ0v) is 16.3. The Morgan fingerprint density at radius 2 is 1.71 bits per heavy atom. The molecule has 0 bridgehead atoms. The summed E-state index contributed by atoms with van der Waals surface area (Å²) in [5.41, 5.74) is 2.82. The summed E-state index contributed by atoms with van der Waals surface area (Å²) in [6, 6.07) is 16.5. The monoisotopic (exact) mass is 380 g/mol. The summed E-state index contributed by atoms with van der Waals surface area (Å²) < 4.78 is 10.3. The molecule has 0 spiro atoms. The zero-order valence-electron chi connectivity index (χ0n) is 16.3. The number of allylic oxidation sites excluding steroid dienone is 1. The average Bonchev–Trinajstić information content (AvgIpc) is 2.98. The van der Waals surface area contributed by atoms with Crippen molar-refractivity contribution in [3.63, 3.8) is 0 Å². The molecule has 0 aromatic heterocycles. The Kier molecular flexibility index (Phi) is 6.11. The van der Waals surface area contributed by atoms with Gasteiger partial charge in [-0.1, -0.05) is 30.3 Å². The molecule has 1 aliphatic heterocycles. The van der Waals surface area contributed by atoms with Crippen LogP contribution in [0.5, 0.6) is 5.75 Å². The number of amides is 1. The van der Waals surface area contributed by atoms with Gasteiger partial charge >= 0.3 is 0 Å². The molecule has 2 aromatic rings. The third-order valence-electron chi connectivity index (χ3n) is 4.76. The van der Waals surface area contributed by atoms with Crippen LogP contribution in [-0.2, 0) is 14.3 Å². The third-order valence-corrected chi connectivity index (χ3v) is 4.76. The maximum absolute atomic E-state index is 12.8. The van der Waals surface area contributed by atoms with Crippen LogP contribution in [0, 0.1) is 0 Å². The Labute approximate surface area is 164 Å². The molecule has 6 nitrogen and oxygen atoms in total. The number of benzene rings is 2. The number of carbonyl (C=O) groups is 2. The molecule has 1 amide bonds. The van der Waals surface area contributed by atoms with E-state index in [0.29, 0.717) is 24.4 Å². The molecule has 0 unspecified atom stereocenters. The number of ether oxygens (including phenoxy) is 2. The van der Waals surface area contributed by atoms with Gasteiger partial charge in [-0.15, -0.1) is 0 Å². The summed E-state index contributed by atoms with van der Waals surface area (Å²) in [7, 11) is 3.19. The lowest BCUT2D eigenvalue weighted by Crippen LogP contribution is -2.32. The molecular weight excluding hydrogens is 356 g/mol. The minimum atomic E-state index is -0.503. The second-order valence-electron chi connectivity index (χ2n) is 6.53. The van der Waals surface area contributed by atoms with E-state index in [0.717, 1.165) is 17.0 Å². The maximum Gasteiger partial charge on any atom is 0.295 e. The van der Waals surface area contributed by atoms with Crippen LogP contribution in [-0.4, -0.2) is 44.0 Å². The van der Waals surface area contributed by atoms with Crippen LogP contribution in [0.2, 0.25) is 0 Å². The molecule has 1 saturated heterocycles. The van der Waals surface area contributed by atoms with Crippen LogP contribution < -0.4 is 10.1 Å². The molecule has 1 fully saturated rings. The van der Waals surface area contributed by atoms with Crippen LogP contribution in [0.25, 0.3) is 0 Å². The van der Waals surface area contributed by atoms with Crippen molar-refractivity contribution >= 4 is 17.4 Å². The van der Waals surface area contributed by atoms with Gasteiger partial charge in [-0.3, -0.25) is 9.59 Å². The number of carbonyl (C=O) groups excluding carboxylic acids is 2. The third kappa shape index (κ3) is 3.92. The van der Waals surface area contributed by atoms with Gasteiger partial charge in [-0.2, -0.15) is 0 Å². The largest absolute Gasteiger partial charge is 0.497 e. The summed E-state index contributed by atoms with van der Waals surface area (Å²) in [6.07, 6.45) is 0. The summed E-state index contributed by atoms with van der Waals surface area (Å²) in [5, 5.41) is 3.26. The summed E-state index contributed by atoms with van der Waals surface area (Å²) in [4.78, 5) is 27.1. The summed E-state index contributed by atoms with van der Waals surface area (Å²) >= 11 is 0. The Morgan fingerprint density at radius 1 is 1.04 bits per heavy atom. The number of anilines is 1. The normalized spacial score (nSPS) is 18.4. The molecule has 1 atom stereocenters. The number of ketones is 1. The predicted octanol–water partition coefficient (Wildman–Crippen LogP) is 3.18. The van der Waals surface area contributed by atoms with Crippen molar-refractivity contribution in [2.24, 2.45) is 0 Å². The van der Waals surface area contributed by atoms with E-state index in [1.165, 1.54) is 0 Å². The lowest BCUT2D eigenvalue weighted by atomic mass is 9.97. The lowest BCUT2D eigenvalue weighted by molar-refractivity contribution is -0.140. The van der Waals surface area contributed by atoms with Crippen molar-refractivity contribution in [3.8, 4) is 5.75 Å². The number of nitrogens with zero attached hydrogens (tertiary/aromatic N) is 1. The topological polar surface area (TPSA) is 67.9 Å². The van der Waals surface area contributed by atoms with E-state index in [4.69, 9.17) is 9.47 Å². The van der Waals surface area contributed by atoms with Gasteiger partial charge in [0.1, 0.15) is 5.75 Å². The predicted molar refractivity (Wildman–Crippen MR) is 107 cm³/mol. The number of methoxy groups -OCH3 is 2. The van der Waals surface area contributed by atoms with Crippen LogP contribution >= 0.6 is 0 Å². The first-order chi connectivity index (χ1) is 13.6. The van der Waals surface area contributed by atoms with Crippen molar-refractivity contribution < 1.29 is 19.1 Å². The first-order valence-corrected chi connectivity index (χ1v) is 9.07. The van der Waals surface area contributed by atoms with Crippen molar-refractivity contribution in [3.05, 3.63) is 71.4 Å². The van der Waals surface area contributed by atoms with Gasteiger partial charge in [-0.25, -0.2) is 0 Å². The molecule has 146 valence electrons. The first kappa shape index (κ1) is 19.6. The number of rotatable bonds is 7. The van der Waals surface area contributed by atoms with Gasteiger partial charge in [0.15, 0.2) is 0 Å². The van der Waals surface area contributed by atoms with Gasteiger partial charge in [0.05, 0.1) is 25.3 Å². The smallest absolute Gasteiger partial charge is 0.295 e. The molecule has 1 heterocycles. The average molecular weight is 380 g/mol. The van der Waals surface area contributed by atoms with Crippen LogP contribution in [0.3, 0.4) is 0 Å². The van der Waals surface area contributed by atoms with Crippen molar-refractivity contribution in [1.29, 1.82) is 0 Å². The Hall–Kier alpha value is -3.12. The van der Waals surface area contributed by atoms with Crippen molar-refractivity contribution in [2.45, 2.75) is 13.0 Å². The van der Waals surface area contributed by atoms with E-state index in [1.54, 1.807) is 19.1 Å². The summed E-state index contributed by atoms with van der Waals surface area (Å²) in [6.45, 7) is 2.53.